The lowest BCUT2D eigenvalue weighted by atomic mass is 10.0. The van der Waals surface area contributed by atoms with Gasteiger partial charge in [0.15, 0.2) is 5.69 Å². The first-order chi connectivity index (χ1) is 12.7. The molecule has 3 heterocycles. The van der Waals surface area contributed by atoms with Crippen LogP contribution in [0.15, 0.2) is 42.9 Å². The number of pyridine rings is 2. The quantitative estimate of drug-likeness (QED) is 0.678. The lowest BCUT2D eigenvalue weighted by Gasteiger charge is -2.09. The van der Waals surface area contributed by atoms with Crippen LogP contribution in [0.2, 0.25) is 0 Å². The molecule has 0 fully saturated rings. The molecule has 0 radical (unpaired) electrons. The normalized spacial score (nSPS) is 10.8. The Morgan fingerprint density at radius 1 is 1.23 bits per heavy atom. The fourth-order valence-electron chi connectivity index (χ4n) is 2.85. The van der Waals surface area contributed by atoms with E-state index in [9.17, 15) is 4.79 Å². The van der Waals surface area contributed by atoms with Crippen LogP contribution in [-0.4, -0.2) is 25.7 Å². The van der Waals surface area contributed by atoms with Gasteiger partial charge in [0.25, 0.3) is 5.91 Å². The van der Waals surface area contributed by atoms with Gasteiger partial charge in [0.2, 0.25) is 0 Å². The first-order valence-electron chi connectivity index (χ1n) is 8.63. The summed E-state index contributed by atoms with van der Waals surface area (Å²) < 4.78 is 1.70. The molecule has 0 saturated heterocycles. The minimum Gasteiger partial charge on any atom is -0.364 e. The maximum atomic E-state index is 12.0. The average Bonchev–Trinajstić information content (AvgIpc) is 3.06. The fraction of sp³-hybridized carbons (Fsp3) is 0.263. The van der Waals surface area contributed by atoms with Crippen molar-refractivity contribution in [3.05, 3.63) is 59.7 Å². The Balaban J connectivity index is 2.24. The summed E-state index contributed by atoms with van der Waals surface area (Å²) in [6.45, 7) is 2.52. The number of nitrogens with zero attached hydrogens (tertiary/aromatic N) is 4. The van der Waals surface area contributed by atoms with Crippen molar-refractivity contribution in [2.45, 2.75) is 32.7 Å². The van der Waals surface area contributed by atoms with Gasteiger partial charge >= 0.3 is 0 Å². The number of rotatable bonds is 7. The third-order valence-electron chi connectivity index (χ3n) is 4.19. The summed E-state index contributed by atoms with van der Waals surface area (Å²) in [6.07, 6.45) is 7.74. The molecule has 7 heteroatoms. The Hall–Kier alpha value is -3.06. The Bertz CT molecular complexity index is 886. The summed E-state index contributed by atoms with van der Waals surface area (Å²) in [5.74, 6) is -0.543. The second-order valence-electron chi connectivity index (χ2n) is 6.02. The molecule has 4 N–H and O–H groups in total. The summed E-state index contributed by atoms with van der Waals surface area (Å²) in [5, 5.41) is 4.49. The van der Waals surface area contributed by atoms with Gasteiger partial charge in [-0.1, -0.05) is 19.4 Å². The van der Waals surface area contributed by atoms with Crippen molar-refractivity contribution in [3.8, 4) is 17.1 Å². The molecule has 0 aliphatic heterocycles. The van der Waals surface area contributed by atoms with E-state index in [0.29, 0.717) is 13.0 Å². The van der Waals surface area contributed by atoms with Crippen molar-refractivity contribution < 1.29 is 4.79 Å². The van der Waals surface area contributed by atoms with Gasteiger partial charge in [0, 0.05) is 24.5 Å². The molecule has 7 nitrogen and oxygen atoms in total. The fourth-order valence-corrected chi connectivity index (χ4v) is 2.85. The number of primary amides is 1. The van der Waals surface area contributed by atoms with Crippen molar-refractivity contribution >= 4 is 5.91 Å². The summed E-state index contributed by atoms with van der Waals surface area (Å²) in [5.41, 5.74) is 15.5. The maximum Gasteiger partial charge on any atom is 0.269 e. The highest BCUT2D eigenvalue weighted by Crippen LogP contribution is 2.29. The van der Waals surface area contributed by atoms with E-state index in [1.54, 1.807) is 23.3 Å². The lowest BCUT2D eigenvalue weighted by molar-refractivity contribution is 0.0994. The Morgan fingerprint density at radius 3 is 2.65 bits per heavy atom. The number of hydrogen-bond donors (Lipinski definition) is 2. The van der Waals surface area contributed by atoms with Crippen LogP contribution in [0.4, 0.5) is 0 Å². The molecule has 0 aliphatic carbocycles. The van der Waals surface area contributed by atoms with E-state index in [2.05, 4.69) is 22.0 Å². The first-order valence-corrected chi connectivity index (χ1v) is 8.63. The third kappa shape index (κ3) is 3.48. The van der Waals surface area contributed by atoms with E-state index in [-0.39, 0.29) is 5.69 Å². The second kappa shape index (κ2) is 7.88. The minimum absolute atomic E-state index is 0.280. The molecule has 3 rings (SSSR count). The largest absolute Gasteiger partial charge is 0.364 e. The molecule has 0 atom stereocenters. The summed E-state index contributed by atoms with van der Waals surface area (Å²) in [7, 11) is 0. The highest BCUT2D eigenvalue weighted by molar-refractivity contribution is 5.94. The molecule has 0 bridgehead atoms. The molecule has 3 aromatic rings. The monoisotopic (exact) mass is 350 g/mol. The van der Waals surface area contributed by atoms with Gasteiger partial charge in [0.1, 0.15) is 0 Å². The van der Waals surface area contributed by atoms with Crippen molar-refractivity contribution in [1.29, 1.82) is 0 Å². The zero-order valence-corrected chi connectivity index (χ0v) is 14.7. The number of carbonyl (C=O) groups is 1. The van der Waals surface area contributed by atoms with Crippen LogP contribution in [0.3, 0.4) is 0 Å². The lowest BCUT2D eigenvalue weighted by Crippen LogP contribution is -2.14. The van der Waals surface area contributed by atoms with Gasteiger partial charge in [-0.25, -0.2) is 4.68 Å². The predicted octanol–water partition coefficient (Wildman–Crippen LogP) is 2.23. The van der Waals surface area contributed by atoms with Gasteiger partial charge in [0.05, 0.1) is 23.3 Å². The summed E-state index contributed by atoms with van der Waals surface area (Å²) >= 11 is 0. The zero-order valence-electron chi connectivity index (χ0n) is 14.7. The topological polar surface area (TPSA) is 113 Å². The summed E-state index contributed by atoms with van der Waals surface area (Å²) in [6, 6.07) is 7.52. The number of carbonyl (C=O) groups excluding carboxylic acids is 1. The van der Waals surface area contributed by atoms with Crippen LogP contribution >= 0.6 is 0 Å². The van der Waals surface area contributed by atoms with E-state index < -0.39 is 5.91 Å². The molecule has 0 saturated carbocycles. The van der Waals surface area contributed by atoms with Crippen LogP contribution in [0.1, 0.15) is 41.4 Å². The van der Waals surface area contributed by atoms with Gasteiger partial charge in [-0.05, 0) is 36.6 Å². The molecule has 0 spiro atoms. The van der Waals surface area contributed by atoms with Crippen molar-refractivity contribution in [1.82, 2.24) is 19.7 Å². The molecule has 26 heavy (non-hydrogen) atoms. The highest BCUT2D eigenvalue weighted by Gasteiger charge is 2.23. The number of amides is 1. The number of unbranched alkanes of at least 4 members (excludes halogenated alkanes) is 1. The Kier molecular flexibility index (Phi) is 5.38. The van der Waals surface area contributed by atoms with Crippen molar-refractivity contribution in [2.75, 3.05) is 0 Å². The van der Waals surface area contributed by atoms with Crippen LogP contribution < -0.4 is 11.5 Å². The van der Waals surface area contributed by atoms with E-state index in [1.165, 1.54) is 0 Å². The van der Waals surface area contributed by atoms with E-state index in [4.69, 9.17) is 11.5 Å². The van der Waals surface area contributed by atoms with Crippen LogP contribution in [0.5, 0.6) is 0 Å². The van der Waals surface area contributed by atoms with Crippen LogP contribution in [0.25, 0.3) is 17.1 Å². The SMILES string of the molecule is CCCCc1c(C(N)=O)nn(-c2cccnc2)c1-c1ccc(CN)cn1. The van der Waals surface area contributed by atoms with Crippen molar-refractivity contribution in [3.63, 3.8) is 0 Å². The maximum absolute atomic E-state index is 12.0. The molecule has 134 valence electrons. The van der Waals surface area contributed by atoms with Crippen molar-refractivity contribution in [2.24, 2.45) is 11.5 Å². The molecule has 3 aromatic heterocycles. The van der Waals surface area contributed by atoms with Gasteiger partial charge in [-0.3, -0.25) is 14.8 Å². The molecule has 1 amide bonds. The van der Waals surface area contributed by atoms with Crippen LogP contribution in [0, 0.1) is 0 Å². The molecular weight excluding hydrogens is 328 g/mol. The number of aromatic nitrogens is 4. The zero-order chi connectivity index (χ0) is 18.5. The Morgan fingerprint density at radius 2 is 2.08 bits per heavy atom. The highest BCUT2D eigenvalue weighted by atomic mass is 16.1. The molecule has 0 unspecified atom stereocenters. The van der Waals surface area contributed by atoms with E-state index in [0.717, 1.165) is 41.0 Å². The smallest absolute Gasteiger partial charge is 0.269 e. The number of nitrogens with two attached hydrogens (primary N) is 2. The molecule has 0 aromatic carbocycles. The van der Waals surface area contributed by atoms with E-state index in [1.807, 2.05) is 24.3 Å². The number of hydrogen-bond acceptors (Lipinski definition) is 5. The second-order valence-corrected chi connectivity index (χ2v) is 6.02. The van der Waals surface area contributed by atoms with Gasteiger partial charge in [-0.15, -0.1) is 0 Å². The average molecular weight is 350 g/mol. The molecule has 0 aliphatic rings. The Labute approximate surface area is 152 Å². The van der Waals surface area contributed by atoms with Crippen LogP contribution in [-0.2, 0) is 13.0 Å². The first kappa shape index (κ1) is 17.8. The summed E-state index contributed by atoms with van der Waals surface area (Å²) in [4.78, 5) is 20.7. The molecular formula is C19H22N6O. The van der Waals surface area contributed by atoms with Gasteiger partial charge < -0.3 is 11.5 Å². The standard InChI is InChI=1S/C19H22N6O/c1-2-3-6-15-17(19(21)26)24-25(14-5-4-9-22-12-14)18(15)16-8-7-13(10-20)11-23-16/h4-5,7-9,11-12H,2-3,6,10,20H2,1H3,(H2,21,26). The minimum atomic E-state index is -0.543. The van der Waals surface area contributed by atoms with E-state index >= 15 is 0 Å². The van der Waals surface area contributed by atoms with Gasteiger partial charge in [-0.2, -0.15) is 5.10 Å². The third-order valence-corrected chi connectivity index (χ3v) is 4.19. The predicted molar refractivity (Wildman–Crippen MR) is 99.6 cm³/mol.